The molecule has 1 aliphatic rings. The summed E-state index contributed by atoms with van der Waals surface area (Å²) in [4.78, 5) is 9.36. The highest BCUT2D eigenvalue weighted by molar-refractivity contribution is 5.91. The predicted molar refractivity (Wildman–Crippen MR) is 117 cm³/mol. The van der Waals surface area contributed by atoms with Crippen LogP contribution < -0.4 is 4.90 Å². The second kappa shape index (κ2) is 7.37. The van der Waals surface area contributed by atoms with Gasteiger partial charge < -0.3 is 9.47 Å². The Labute approximate surface area is 170 Å². The molecule has 1 saturated heterocycles. The van der Waals surface area contributed by atoms with Crippen molar-refractivity contribution in [2.75, 3.05) is 31.1 Å². The summed E-state index contributed by atoms with van der Waals surface area (Å²) in [5.41, 5.74) is 6.30. The monoisotopic (exact) mass is 386 g/mol. The minimum Gasteiger partial charge on any atom is -0.368 e. The highest BCUT2D eigenvalue weighted by Crippen LogP contribution is 2.26. The summed E-state index contributed by atoms with van der Waals surface area (Å²) in [7, 11) is 0. The van der Waals surface area contributed by atoms with Crippen molar-refractivity contribution in [2.24, 2.45) is 0 Å². The van der Waals surface area contributed by atoms with Crippen molar-refractivity contribution in [3.8, 4) is 5.69 Å². The lowest BCUT2D eigenvalue weighted by Crippen LogP contribution is -2.46. The number of H-pyrrole nitrogens is 1. The van der Waals surface area contributed by atoms with Gasteiger partial charge in [0.15, 0.2) is 0 Å². The minimum atomic E-state index is 0.999. The smallest absolute Gasteiger partial charge is 0.110 e. The molecule has 6 nitrogen and oxygen atoms in total. The quantitative estimate of drug-likeness (QED) is 0.581. The number of nitrogens with zero attached hydrogens (tertiary/aromatic N) is 5. The van der Waals surface area contributed by atoms with Crippen LogP contribution in [-0.4, -0.2) is 50.8 Å². The number of piperazine rings is 1. The number of imidazole rings is 1. The van der Waals surface area contributed by atoms with Gasteiger partial charge in [-0.15, -0.1) is 0 Å². The van der Waals surface area contributed by atoms with Crippen molar-refractivity contribution in [3.63, 3.8) is 0 Å². The van der Waals surface area contributed by atoms with Crippen LogP contribution in [0.1, 0.15) is 17.0 Å². The number of fused-ring (bicyclic) bond motifs is 1. The van der Waals surface area contributed by atoms with Crippen LogP contribution in [0.15, 0.2) is 55.0 Å². The number of anilines is 1. The molecule has 1 aliphatic heterocycles. The van der Waals surface area contributed by atoms with Gasteiger partial charge in [-0.25, -0.2) is 4.98 Å². The van der Waals surface area contributed by atoms with Gasteiger partial charge in [0.2, 0.25) is 0 Å². The molecular weight excluding hydrogens is 360 g/mol. The van der Waals surface area contributed by atoms with E-state index in [9.17, 15) is 0 Å². The number of hydrogen-bond acceptors (Lipinski definition) is 4. The Kier molecular flexibility index (Phi) is 4.56. The maximum absolute atomic E-state index is 4.33. The fraction of sp³-hybridized carbons (Fsp3) is 0.304. The minimum absolute atomic E-state index is 0.999. The summed E-state index contributed by atoms with van der Waals surface area (Å²) in [6, 6.07) is 13.1. The van der Waals surface area contributed by atoms with Gasteiger partial charge in [0, 0.05) is 61.9 Å². The molecule has 0 saturated carbocycles. The fourth-order valence-corrected chi connectivity index (χ4v) is 4.27. The van der Waals surface area contributed by atoms with E-state index in [1.54, 1.807) is 0 Å². The molecule has 3 heterocycles. The molecule has 0 radical (unpaired) electrons. The number of rotatable bonds is 4. The van der Waals surface area contributed by atoms with E-state index < -0.39 is 0 Å². The van der Waals surface area contributed by atoms with Crippen LogP contribution in [0.4, 0.5) is 5.69 Å². The van der Waals surface area contributed by atoms with Gasteiger partial charge in [0.1, 0.15) is 5.82 Å². The van der Waals surface area contributed by atoms with Gasteiger partial charge in [-0.2, -0.15) is 5.10 Å². The summed E-state index contributed by atoms with van der Waals surface area (Å²) in [5.74, 6) is 1.01. The van der Waals surface area contributed by atoms with Crippen LogP contribution in [0.5, 0.6) is 0 Å². The number of hydrogen-bond donors (Lipinski definition) is 1. The third kappa shape index (κ3) is 3.40. The molecule has 1 N–H and O–H groups in total. The lowest BCUT2D eigenvalue weighted by Gasteiger charge is -2.36. The number of aryl methyl sites for hydroxylation is 2. The Hall–Kier alpha value is -3.12. The van der Waals surface area contributed by atoms with Crippen molar-refractivity contribution < 1.29 is 0 Å². The van der Waals surface area contributed by atoms with Gasteiger partial charge in [0.05, 0.1) is 11.7 Å². The Morgan fingerprint density at radius 2 is 1.90 bits per heavy atom. The largest absolute Gasteiger partial charge is 0.368 e. The highest BCUT2D eigenvalue weighted by atomic mass is 15.3. The first-order valence-electron chi connectivity index (χ1n) is 10.2. The molecule has 0 unspecified atom stereocenters. The van der Waals surface area contributed by atoms with Gasteiger partial charge in [-0.05, 0) is 49.2 Å². The van der Waals surface area contributed by atoms with E-state index in [2.05, 4.69) is 72.9 Å². The Bertz CT molecular complexity index is 1130. The van der Waals surface area contributed by atoms with Crippen molar-refractivity contribution >= 4 is 16.6 Å². The normalized spacial score (nSPS) is 15.3. The van der Waals surface area contributed by atoms with Crippen LogP contribution in [0.3, 0.4) is 0 Å². The Morgan fingerprint density at radius 3 is 2.66 bits per heavy atom. The van der Waals surface area contributed by atoms with Gasteiger partial charge in [-0.1, -0.05) is 12.1 Å². The molecule has 29 heavy (non-hydrogen) atoms. The first-order chi connectivity index (χ1) is 14.2. The fourth-order valence-electron chi connectivity index (χ4n) is 4.27. The summed E-state index contributed by atoms with van der Waals surface area (Å²) < 4.78 is 2.13. The molecular formula is C23H26N6. The van der Waals surface area contributed by atoms with Gasteiger partial charge in [0.25, 0.3) is 0 Å². The van der Waals surface area contributed by atoms with Crippen molar-refractivity contribution in [1.29, 1.82) is 0 Å². The van der Waals surface area contributed by atoms with E-state index in [1.807, 2.05) is 25.5 Å². The molecule has 0 atom stereocenters. The molecule has 2 aromatic heterocycles. The van der Waals surface area contributed by atoms with Crippen LogP contribution >= 0.6 is 0 Å². The zero-order chi connectivity index (χ0) is 19.8. The maximum atomic E-state index is 4.33. The molecule has 1 fully saturated rings. The summed E-state index contributed by atoms with van der Waals surface area (Å²) >= 11 is 0. The standard InChI is InChI=1S/C23H26N6/c1-17-14-20(29-9-8-24-18(29)2)7-6-19(17)16-27-10-12-28(13-11-27)23-5-3-4-22-21(23)15-25-26-22/h3-9,14-15H,10-13,16H2,1-2H3,(H,25,26). The summed E-state index contributed by atoms with van der Waals surface area (Å²) in [6.07, 6.45) is 5.80. The molecule has 0 amide bonds. The predicted octanol–water partition coefficient (Wildman–Crippen LogP) is 3.69. The lowest BCUT2D eigenvalue weighted by atomic mass is 10.1. The lowest BCUT2D eigenvalue weighted by molar-refractivity contribution is 0.249. The van der Waals surface area contributed by atoms with E-state index in [0.29, 0.717) is 0 Å². The maximum Gasteiger partial charge on any atom is 0.110 e. The van der Waals surface area contributed by atoms with E-state index in [-0.39, 0.29) is 0 Å². The Balaban J connectivity index is 1.26. The molecule has 148 valence electrons. The number of nitrogens with one attached hydrogen (secondary N) is 1. The summed E-state index contributed by atoms with van der Waals surface area (Å²) in [6.45, 7) is 9.45. The van der Waals surface area contributed by atoms with Gasteiger partial charge >= 0.3 is 0 Å². The van der Waals surface area contributed by atoms with Crippen LogP contribution in [0.25, 0.3) is 16.6 Å². The molecule has 5 rings (SSSR count). The third-order valence-electron chi connectivity index (χ3n) is 6.00. The SMILES string of the molecule is Cc1cc(-n2ccnc2C)ccc1CN1CCN(c2cccc3[nH]ncc23)CC1. The van der Waals surface area contributed by atoms with Crippen LogP contribution in [0.2, 0.25) is 0 Å². The molecule has 0 spiro atoms. The topological polar surface area (TPSA) is 53.0 Å². The van der Waals surface area contributed by atoms with E-state index in [0.717, 1.165) is 44.1 Å². The average Bonchev–Trinajstić information content (AvgIpc) is 3.39. The van der Waals surface area contributed by atoms with Crippen LogP contribution in [0, 0.1) is 13.8 Å². The molecule has 2 aromatic carbocycles. The molecule has 0 aliphatic carbocycles. The first-order valence-corrected chi connectivity index (χ1v) is 10.2. The third-order valence-corrected chi connectivity index (χ3v) is 6.00. The van der Waals surface area contributed by atoms with E-state index in [1.165, 1.54) is 27.9 Å². The van der Waals surface area contributed by atoms with E-state index >= 15 is 0 Å². The van der Waals surface area contributed by atoms with Crippen molar-refractivity contribution in [2.45, 2.75) is 20.4 Å². The van der Waals surface area contributed by atoms with Crippen molar-refractivity contribution in [1.82, 2.24) is 24.6 Å². The number of aromatic amines is 1. The zero-order valence-corrected chi connectivity index (χ0v) is 17.0. The Morgan fingerprint density at radius 1 is 1.03 bits per heavy atom. The first kappa shape index (κ1) is 17.9. The zero-order valence-electron chi connectivity index (χ0n) is 17.0. The summed E-state index contributed by atoms with van der Waals surface area (Å²) in [5, 5.41) is 8.48. The molecule has 6 heteroatoms. The second-order valence-electron chi connectivity index (χ2n) is 7.83. The number of benzene rings is 2. The molecule has 0 bridgehead atoms. The van der Waals surface area contributed by atoms with E-state index in [4.69, 9.17) is 0 Å². The average molecular weight is 387 g/mol. The number of aromatic nitrogens is 4. The second-order valence-corrected chi connectivity index (χ2v) is 7.83. The van der Waals surface area contributed by atoms with Crippen LogP contribution in [-0.2, 0) is 6.54 Å². The van der Waals surface area contributed by atoms with Crippen molar-refractivity contribution in [3.05, 3.63) is 71.9 Å². The van der Waals surface area contributed by atoms with Gasteiger partial charge in [-0.3, -0.25) is 10.00 Å². The molecule has 4 aromatic rings. The highest BCUT2D eigenvalue weighted by Gasteiger charge is 2.19.